The van der Waals surface area contributed by atoms with Crippen molar-refractivity contribution in [1.82, 2.24) is 24.6 Å². The van der Waals surface area contributed by atoms with Crippen molar-refractivity contribution in [3.8, 4) is 17.3 Å². The number of aromatic amines is 1. The Bertz CT molecular complexity index is 1090. The second-order valence-electron chi connectivity index (χ2n) is 5.36. The van der Waals surface area contributed by atoms with Gasteiger partial charge in [-0.15, -0.1) is 11.3 Å². The van der Waals surface area contributed by atoms with Gasteiger partial charge in [0, 0.05) is 10.9 Å². The first-order valence-corrected chi connectivity index (χ1v) is 8.76. The Kier molecular flexibility index (Phi) is 3.94. The van der Waals surface area contributed by atoms with Crippen LogP contribution in [0.3, 0.4) is 0 Å². The summed E-state index contributed by atoms with van der Waals surface area (Å²) >= 11 is 1.43. The molecule has 0 fully saturated rings. The molecule has 0 aliphatic rings. The first-order valence-electron chi connectivity index (χ1n) is 7.44. The minimum atomic E-state index is -0.171. The molecule has 0 aliphatic carbocycles. The molecular weight excluding hydrogens is 354 g/mol. The summed E-state index contributed by atoms with van der Waals surface area (Å²) in [5.41, 5.74) is 1.10. The van der Waals surface area contributed by atoms with Gasteiger partial charge in [0.15, 0.2) is 10.8 Å². The van der Waals surface area contributed by atoms with Gasteiger partial charge < -0.3 is 4.74 Å². The highest BCUT2D eigenvalue weighted by molar-refractivity contribution is 7.17. The van der Waals surface area contributed by atoms with Crippen LogP contribution >= 0.6 is 11.3 Å². The summed E-state index contributed by atoms with van der Waals surface area (Å²) in [4.78, 5) is 22.8. The van der Waals surface area contributed by atoms with Crippen molar-refractivity contribution in [1.29, 1.82) is 0 Å². The third-order valence-electron chi connectivity index (χ3n) is 3.62. The van der Waals surface area contributed by atoms with E-state index >= 15 is 0 Å². The SMILES string of the molecule is Cc1sc2nc(COc3ccc([Si])cc3)cc(=O)n2c1-c1ncn[nH]1. The predicted molar refractivity (Wildman–Crippen MR) is 95.6 cm³/mol. The number of H-pyrrole nitrogens is 1. The number of ether oxygens (including phenoxy) is 1. The maximum Gasteiger partial charge on any atom is 0.259 e. The summed E-state index contributed by atoms with van der Waals surface area (Å²) in [6.45, 7) is 2.15. The lowest BCUT2D eigenvalue weighted by molar-refractivity contribution is 0.301. The van der Waals surface area contributed by atoms with E-state index < -0.39 is 0 Å². The molecule has 3 aromatic heterocycles. The molecule has 0 saturated heterocycles. The maximum absolute atomic E-state index is 12.6. The van der Waals surface area contributed by atoms with Gasteiger partial charge in [-0.2, -0.15) is 5.10 Å². The Balaban J connectivity index is 1.68. The Morgan fingerprint density at radius 1 is 1.32 bits per heavy atom. The Hall–Kier alpha value is -2.78. The molecule has 0 atom stereocenters. The Labute approximate surface area is 149 Å². The van der Waals surface area contributed by atoms with E-state index in [4.69, 9.17) is 4.74 Å². The van der Waals surface area contributed by atoms with Crippen molar-refractivity contribution in [2.45, 2.75) is 13.5 Å². The second kappa shape index (κ2) is 6.26. The van der Waals surface area contributed by atoms with Gasteiger partial charge in [-0.05, 0) is 19.1 Å². The fourth-order valence-corrected chi connectivity index (χ4v) is 3.66. The highest BCUT2D eigenvalue weighted by Gasteiger charge is 2.16. The average molecular weight is 366 g/mol. The molecule has 123 valence electrons. The normalized spacial score (nSPS) is 11.1. The molecule has 3 heterocycles. The van der Waals surface area contributed by atoms with Crippen LogP contribution in [-0.2, 0) is 6.61 Å². The van der Waals surface area contributed by atoms with E-state index in [1.807, 2.05) is 31.2 Å². The zero-order chi connectivity index (χ0) is 17.4. The molecule has 4 rings (SSSR count). The quantitative estimate of drug-likeness (QED) is 0.549. The molecule has 4 aromatic rings. The van der Waals surface area contributed by atoms with E-state index in [-0.39, 0.29) is 12.2 Å². The van der Waals surface area contributed by atoms with Gasteiger partial charge in [0.1, 0.15) is 24.4 Å². The van der Waals surface area contributed by atoms with Crippen LogP contribution in [0.2, 0.25) is 0 Å². The van der Waals surface area contributed by atoms with Gasteiger partial charge in [-0.3, -0.25) is 9.89 Å². The largest absolute Gasteiger partial charge is 0.487 e. The van der Waals surface area contributed by atoms with Crippen LogP contribution in [0, 0.1) is 6.92 Å². The zero-order valence-corrected chi connectivity index (χ0v) is 15.0. The van der Waals surface area contributed by atoms with Gasteiger partial charge >= 0.3 is 0 Å². The minimum Gasteiger partial charge on any atom is -0.487 e. The number of hydrogen-bond donors (Lipinski definition) is 1. The summed E-state index contributed by atoms with van der Waals surface area (Å²) in [5, 5.41) is 7.62. The van der Waals surface area contributed by atoms with E-state index in [2.05, 4.69) is 30.4 Å². The standard InChI is InChI=1S/C16H12N5O2SSi/c1-9-14(15-17-8-18-20-15)21-13(22)6-10(19-16(21)24-9)7-23-11-2-4-12(25)5-3-11/h2-6,8H,7H2,1H3,(H,17,18,20). The Morgan fingerprint density at radius 3 is 2.84 bits per heavy atom. The van der Waals surface area contributed by atoms with E-state index in [0.717, 1.165) is 10.1 Å². The summed E-state index contributed by atoms with van der Waals surface area (Å²) in [6.07, 6.45) is 1.41. The molecule has 7 nitrogen and oxygen atoms in total. The van der Waals surface area contributed by atoms with Crippen LogP contribution in [0.5, 0.6) is 5.75 Å². The number of aromatic nitrogens is 5. The smallest absolute Gasteiger partial charge is 0.259 e. The fraction of sp³-hybridized carbons (Fsp3) is 0.125. The van der Waals surface area contributed by atoms with Crippen LogP contribution in [0.25, 0.3) is 16.5 Å². The monoisotopic (exact) mass is 366 g/mol. The number of nitrogens with zero attached hydrogens (tertiary/aromatic N) is 4. The maximum atomic E-state index is 12.6. The van der Waals surface area contributed by atoms with Crippen molar-refractivity contribution < 1.29 is 4.74 Å². The van der Waals surface area contributed by atoms with Crippen molar-refractivity contribution in [3.05, 3.63) is 57.6 Å². The number of aryl methyl sites for hydroxylation is 1. The predicted octanol–water partition coefficient (Wildman–Crippen LogP) is 1.22. The van der Waals surface area contributed by atoms with Crippen molar-refractivity contribution in [2.24, 2.45) is 0 Å². The molecule has 3 radical (unpaired) electrons. The molecule has 0 aliphatic heterocycles. The third-order valence-corrected chi connectivity index (χ3v) is 4.91. The molecule has 0 saturated carbocycles. The van der Waals surface area contributed by atoms with Crippen LogP contribution in [-0.4, -0.2) is 34.8 Å². The number of thiazole rings is 1. The summed E-state index contributed by atoms with van der Waals surface area (Å²) in [5.74, 6) is 1.26. The van der Waals surface area contributed by atoms with E-state index in [1.54, 1.807) is 4.40 Å². The molecule has 25 heavy (non-hydrogen) atoms. The van der Waals surface area contributed by atoms with Crippen LogP contribution in [0.1, 0.15) is 10.6 Å². The van der Waals surface area contributed by atoms with Crippen LogP contribution in [0.4, 0.5) is 0 Å². The zero-order valence-electron chi connectivity index (χ0n) is 13.2. The summed E-state index contributed by atoms with van der Waals surface area (Å²) in [6, 6.07) is 8.97. The number of fused-ring (bicyclic) bond motifs is 1. The van der Waals surface area contributed by atoms with Crippen LogP contribution in [0.15, 0.2) is 41.5 Å². The van der Waals surface area contributed by atoms with Gasteiger partial charge in [0.25, 0.3) is 5.56 Å². The van der Waals surface area contributed by atoms with E-state index in [1.165, 1.54) is 23.7 Å². The molecule has 0 amide bonds. The first kappa shape index (κ1) is 15.7. The second-order valence-corrected chi connectivity index (χ2v) is 7.12. The highest BCUT2D eigenvalue weighted by Crippen LogP contribution is 2.26. The van der Waals surface area contributed by atoms with Crippen molar-refractivity contribution >= 4 is 31.7 Å². The third kappa shape index (κ3) is 2.99. The molecule has 0 unspecified atom stereocenters. The number of nitrogens with one attached hydrogen (secondary N) is 1. The Morgan fingerprint density at radius 2 is 2.12 bits per heavy atom. The van der Waals surface area contributed by atoms with E-state index in [9.17, 15) is 4.79 Å². The molecule has 0 bridgehead atoms. The van der Waals surface area contributed by atoms with Gasteiger partial charge in [-0.25, -0.2) is 14.4 Å². The summed E-state index contributed by atoms with van der Waals surface area (Å²) in [7, 11) is 3.43. The first-order chi connectivity index (χ1) is 12.1. The summed E-state index contributed by atoms with van der Waals surface area (Å²) < 4.78 is 7.25. The molecular formula is C16H12N5O2SSi. The van der Waals surface area contributed by atoms with Crippen LogP contribution < -0.4 is 15.5 Å². The lowest BCUT2D eigenvalue weighted by Gasteiger charge is -2.06. The van der Waals surface area contributed by atoms with Gasteiger partial charge in [0.2, 0.25) is 0 Å². The number of hydrogen-bond acceptors (Lipinski definition) is 6. The number of rotatable bonds is 4. The topological polar surface area (TPSA) is 85.2 Å². The molecule has 1 aromatic carbocycles. The van der Waals surface area contributed by atoms with Crippen molar-refractivity contribution in [2.75, 3.05) is 0 Å². The molecule has 9 heteroatoms. The molecule has 0 spiro atoms. The lowest BCUT2D eigenvalue weighted by Crippen LogP contribution is -2.16. The minimum absolute atomic E-state index is 0.171. The van der Waals surface area contributed by atoms with Gasteiger partial charge in [-0.1, -0.05) is 17.3 Å². The number of benzene rings is 1. The fourth-order valence-electron chi connectivity index (χ4n) is 2.50. The van der Waals surface area contributed by atoms with Gasteiger partial charge in [0.05, 0.1) is 15.9 Å². The lowest BCUT2D eigenvalue weighted by atomic mass is 10.3. The average Bonchev–Trinajstić information content (AvgIpc) is 3.21. The molecule has 1 N–H and O–H groups in total. The van der Waals surface area contributed by atoms with E-state index in [0.29, 0.717) is 27.9 Å². The highest BCUT2D eigenvalue weighted by atomic mass is 32.1. The van der Waals surface area contributed by atoms with Crippen molar-refractivity contribution in [3.63, 3.8) is 0 Å².